The number of rotatable bonds is 3. The van der Waals surface area contributed by atoms with Crippen molar-refractivity contribution < 1.29 is 9.53 Å². The lowest BCUT2D eigenvalue weighted by Crippen LogP contribution is -2.14. The minimum absolute atomic E-state index is 0.370. The number of ether oxygens (including phenoxy) is 1. The zero-order valence-electron chi connectivity index (χ0n) is 12.0. The number of amides is 1. The molecule has 2 aromatic rings. The highest BCUT2D eigenvalue weighted by atomic mass is 16.5. The molecule has 0 bridgehead atoms. The maximum Gasteiger partial charge on any atom is 0.411 e. The van der Waals surface area contributed by atoms with Crippen LogP contribution in [0.1, 0.15) is 12.5 Å². The molecule has 0 fully saturated rings. The van der Waals surface area contributed by atoms with E-state index in [2.05, 4.69) is 34.5 Å². The Balaban J connectivity index is 1.75. The minimum atomic E-state index is -0.420. The molecule has 108 valence electrons. The zero-order chi connectivity index (χ0) is 14.7. The molecule has 3 rings (SSSR count). The molecule has 0 atom stereocenters. The smallest absolute Gasteiger partial charge is 0.411 e. The molecule has 4 nitrogen and oxygen atoms in total. The average Bonchev–Trinajstić information content (AvgIpc) is 2.92. The monoisotopic (exact) mass is 282 g/mol. The SMILES string of the molecule is CCOC(=O)Nc1ccc(N2CCc3ccccc32)cc1. The number of hydrogen-bond donors (Lipinski definition) is 1. The van der Waals surface area contributed by atoms with Gasteiger partial charge in [0.1, 0.15) is 0 Å². The van der Waals surface area contributed by atoms with Crippen LogP contribution in [-0.4, -0.2) is 19.2 Å². The molecule has 0 spiro atoms. The van der Waals surface area contributed by atoms with Gasteiger partial charge in [-0.05, 0) is 49.2 Å². The molecule has 0 saturated carbocycles. The van der Waals surface area contributed by atoms with Crippen molar-refractivity contribution in [3.63, 3.8) is 0 Å². The first-order valence-electron chi connectivity index (χ1n) is 7.17. The topological polar surface area (TPSA) is 41.6 Å². The molecule has 4 heteroatoms. The lowest BCUT2D eigenvalue weighted by Gasteiger charge is -2.19. The van der Waals surface area contributed by atoms with Crippen molar-refractivity contribution in [2.75, 3.05) is 23.4 Å². The van der Waals surface area contributed by atoms with Crippen LogP contribution in [0.2, 0.25) is 0 Å². The summed E-state index contributed by atoms with van der Waals surface area (Å²) in [5, 5.41) is 2.70. The van der Waals surface area contributed by atoms with Crippen LogP contribution in [0.3, 0.4) is 0 Å². The van der Waals surface area contributed by atoms with E-state index in [-0.39, 0.29) is 0 Å². The maximum atomic E-state index is 11.4. The van der Waals surface area contributed by atoms with Crippen LogP contribution in [-0.2, 0) is 11.2 Å². The number of benzene rings is 2. The summed E-state index contributed by atoms with van der Waals surface area (Å²) in [4.78, 5) is 13.7. The van der Waals surface area contributed by atoms with Crippen molar-refractivity contribution in [3.05, 3.63) is 54.1 Å². The lowest BCUT2D eigenvalue weighted by atomic mass is 10.2. The highest BCUT2D eigenvalue weighted by Gasteiger charge is 2.19. The van der Waals surface area contributed by atoms with Gasteiger partial charge >= 0.3 is 6.09 Å². The van der Waals surface area contributed by atoms with E-state index in [0.29, 0.717) is 6.61 Å². The Morgan fingerprint density at radius 3 is 2.71 bits per heavy atom. The van der Waals surface area contributed by atoms with E-state index in [1.54, 1.807) is 6.92 Å². The number of nitrogens with zero attached hydrogens (tertiary/aromatic N) is 1. The van der Waals surface area contributed by atoms with E-state index in [4.69, 9.17) is 4.74 Å². The molecule has 21 heavy (non-hydrogen) atoms. The summed E-state index contributed by atoms with van der Waals surface area (Å²) in [6.07, 6.45) is 0.649. The fourth-order valence-corrected chi connectivity index (χ4v) is 2.62. The molecular formula is C17H18N2O2. The third kappa shape index (κ3) is 2.84. The van der Waals surface area contributed by atoms with Gasteiger partial charge in [-0.15, -0.1) is 0 Å². The molecule has 1 heterocycles. The Bertz CT molecular complexity index is 637. The predicted molar refractivity (Wildman–Crippen MR) is 84.2 cm³/mol. The van der Waals surface area contributed by atoms with Crippen molar-refractivity contribution in [1.29, 1.82) is 0 Å². The number of para-hydroxylation sites is 1. The van der Waals surface area contributed by atoms with Crippen molar-refractivity contribution in [1.82, 2.24) is 0 Å². The fourth-order valence-electron chi connectivity index (χ4n) is 2.62. The van der Waals surface area contributed by atoms with Crippen LogP contribution in [0.15, 0.2) is 48.5 Å². The van der Waals surface area contributed by atoms with E-state index in [9.17, 15) is 4.79 Å². The van der Waals surface area contributed by atoms with Gasteiger partial charge < -0.3 is 9.64 Å². The van der Waals surface area contributed by atoms with Gasteiger partial charge in [0.05, 0.1) is 6.61 Å². The van der Waals surface area contributed by atoms with E-state index in [1.165, 1.54) is 11.3 Å². The maximum absolute atomic E-state index is 11.4. The van der Waals surface area contributed by atoms with Crippen LogP contribution in [0, 0.1) is 0 Å². The van der Waals surface area contributed by atoms with Crippen molar-refractivity contribution in [2.45, 2.75) is 13.3 Å². The molecule has 1 amide bonds. The fraction of sp³-hybridized carbons (Fsp3) is 0.235. The molecule has 0 saturated heterocycles. The number of hydrogen-bond acceptors (Lipinski definition) is 3. The van der Waals surface area contributed by atoms with Crippen molar-refractivity contribution in [3.8, 4) is 0 Å². The molecule has 1 aliphatic heterocycles. The summed E-state index contributed by atoms with van der Waals surface area (Å²) in [5.41, 5.74) is 4.52. The highest BCUT2D eigenvalue weighted by Crippen LogP contribution is 2.34. The first-order valence-corrected chi connectivity index (χ1v) is 7.17. The van der Waals surface area contributed by atoms with Crippen LogP contribution < -0.4 is 10.2 Å². The van der Waals surface area contributed by atoms with E-state index in [1.807, 2.05) is 24.3 Å². The first-order chi connectivity index (χ1) is 10.3. The van der Waals surface area contributed by atoms with Gasteiger partial charge in [0.2, 0.25) is 0 Å². The van der Waals surface area contributed by atoms with Crippen LogP contribution in [0.25, 0.3) is 0 Å². The third-order valence-electron chi connectivity index (χ3n) is 3.59. The minimum Gasteiger partial charge on any atom is -0.450 e. The van der Waals surface area contributed by atoms with Gasteiger partial charge in [0.25, 0.3) is 0 Å². The summed E-state index contributed by atoms with van der Waals surface area (Å²) < 4.78 is 4.86. The largest absolute Gasteiger partial charge is 0.450 e. The molecular weight excluding hydrogens is 264 g/mol. The Hall–Kier alpha value is -2.49. The second-order valence-corrected chi connectivity index (χ2v) is 4.92. The van der Waals surface area contributed by atoms with Crippen LogP contribution in [0.4, 0.5) is 21.9 Å². The van der Waals surface area contributed by atoms with Crippen molar-refractivity contribution in [2.24, 2.45) is 0 Å². The van der Waals surface area contributed by atoms with E-state index >= 15 is 0 Å². The van der Waals surface area contributed by atoms with Gasteiger partial charge in [-0.3, -0.25) is 5.32 Å². The molecule has 1 N–H and O–H groups in total. The quantitative estimate of drug-likeness (QED) is 0.926. The van der Waals surface area contributed by atoms with Gasteiger partial charge in [-0.25, -0.2) is 4.79 Å². The molecule has 0 aromatic heterocycles. The number of carbonyl (C=O) groups excluding carboxylic acids is 1. The summed E-state index contributed by atoms with van der Waals surface area (Å²) in [5.74, 6) is 0. The summed E-state index contributed by atoms with van der Waals surface area (Å²) in [6, 6.07) is 16.3. The second kappa shape index (κ2) is 5.87. The predicted octanol–water partition coefficient (Wildman–Crippen LogP) is 3.95. The third-order valence-corrected chi connectivity index (χ3v) is 3.59. The summed E-state index contributed by atoms with van der Waals surface area (Å²) in [7, 11) is 0. The molecule has 1 aliphatic rings. The van der Waals surface area contributed by atoms with Gasteiger partial charge in [-0.1, -0.05) is 18.2 Å². The zero-order valence-corrected chi connectivity index (χ0v) is 12.0. The normalized spacial score (nSPS) is 12.9. The molecule has 0 unspecified atom stereocenters. The lowest BCUT2D eigenvalue weighted by molar-refractivity contribution is 0.168. The summed E-state index contributed by atoms with van der Waals surface area (Å²) in [6.45, 7) is 3.14. The highest BCUT2D eigenvalue weighted by molar-refractivity contribution is 5.85. The van der Waals surface area contributed by atoms with Gasteiger partial charge in [0, 0.05) is 23.6 Å². The summed E-state index contributed by atoms with van der Waals surface area (Å²) >= 11 is 0. The Kier molecular flexibility index (Phi) is 3.77. The number of anilines is 3. The average molecular weight is 282 g/mol. The van der Waals surface area contributed by atoms with Crippen molar-refractivity contribution >= 4 is 23.2 Å². The van der Waals surface area contributed by atoms with E-state index in [0.717, 1.165) is 24.3 Å². The molecule has 2 aromatic carbocycles. The Morgan fingerprint density at radius 1 is 1.19 bits per heavy atom. The first kappa shape index (κ1) is 13.5. The molecule has 0 aliphatic carbocycles. The Morgan fingerprint density at radius 2 is 1.95 bits per heavy atom. The van der Waals surface area contributed by atoms with Gasteiger partial charge in [-0.2, -0.15) is 0 Å². The number of fused-ring (bicyclic) bond motifs is 1. The number of carbonyl (C=O) groups is 1. The Labute approximate surface area is 124 Å². The van der Waals surface area contributed by atoms with Crippen LogP contribution >= 0.6 is 0 Å². The van der Waals surface area contributed by atoms with E-state index < -0.39 is 6.09 Å². The second-order valence-electron chi connectivity index (χ2n) is 4.92. The van der Waals surface area contributed by atoms with Crippen LogP contribution in [0.5, 0.6) is 0 Å². The number of nitrogens with one attached hydrogen (secondary N) is 1. The van der Waals surface area contributed by atoms with Gasteiger partial charge in [0.15, 0.2) is 0 Å². The standard InChI is InChI=1S/C17H18N2O2/c1-2-21-17(20)18-14-7-9-15(10-8-14)19-12-11-13-5-3-4-6-16(13)19/h3-10H,2,11-12H2,1H3,(H,18,20). The molecule has 0 radical (unpaired) electrons.